The van der Waals surface area contributed by atoms with Gasteiger partial charge in [0.05, 0.1) is 6.10 Å². The normalized spacial score (nSPS) is 12.9. The minimum absolute atomic E-state index is 0.462. The molecule has 0 aliphatic heterocycles. The maximum atomic E-state index is 9.48. The Hall–Kier alpha value is -0.240. The van der Waals surface area contributed by atoms with E-state index in [2.05, 4.69) is 0 Å². The molecule has 0 radical (unpaired) electrons. The SMILES string of the molecule is O[C@@H](CCCl)c1ccc(Cl)cc1. The molecule has 0 spiro atoms. The fourth-order valence-electron chi connectivity index (χ4n) is 0.955. The molecule has 66 valence electrons. The van der Waals surface area contributed by atoms with Crippen molar-refractivity contribution in [2.45, 2.75) is 12.5 Å². The second kappa shape index (κ2) is 4.70. The number of halogens is 2. The molecule has 1 N–H and O–H groups in total. The highest BCUT2D eigenvalue weighted by Gasteiger charge is 2.05. The van der Waals surface area contributed by atoms with E-state index < -0.39 is 6.10 Å². The van der Waals surface area contributed by atoms with Crippen LogP contribution >= 0.6 is 23.2 Å². The van der Waals surface area contributed by atoms with Crippen LogP contribution in [0.15, 0.2) is 24.3 Å². The Morgan fingerprint density at radius 2 is 1.83 bits per heavy atom. The largest absolute Gasteiger partial charge is 0.388 e. The zero-order valence-electron chi connectivity index (χ0n) is 6.50. The number of benzene rings is 1. The number of hydrogen-bond acceptors (Lipinski definition) is 1. The molecule has 0 aromatic heterocycles. The molecule has 0 aliphatic carbocycles. The van der Waals surface area contributed by atoms with Crippen LogP contribution in [-0.2, 0) is 0 Å². The van der Waals surface area contributed by atoms with Crippen molar-refractivity contribution in [1.82, 2.24) is 0 Å². The number of rotatable bonds is 3. The molecular weight excluding hydrogens is 195 g/mol. The van der Waals surface area contributed by atoms with Gasteiger partial charge in [-0.05, 0) is 24.1 Å². The summed E-state index contributed by atoms with van der Waals surface area (Å²) in [4.78, 5) is 0. The molecule has 1 atom stereocenters. The Labute approximate surface area is 81.9 Å². The molecule has 1 nitrogen and oxygen atoms in total. The van der Waals surface area contributed by atoms with Gasteiger partial charge < -0.3 is 5.11 Å². The first-order chi connectivity index (χ1) is 5.74. The standard InChI is InChI=1S/C9H10Cl2O/c10-6-5-9(12)7-1-3-8(11)4-2-7/h1-4,9,12H,5-6H2/t9-/m0/s1. The zero-order chi connectivity index (χ0) is 8.97. The summed E-state index contributed by atoms with van der Waals surface area (Å²) in [5.74, 6) is 0.462. The van der Waals surface area contributed by atoms with Crippen LogP contribution in [0.2, 0.25) is 5.02 Å². The molecule has 0 saturated heterocycles. The smallest absolute Gasteiger partial charge is 0.0801 e. The summed E-state index contributed by atoms with van der Waals surface area (Å²) in [5, 5.41) is 10.2. The van der Waals surface area contributed by atoms with Crippen LogP contribution in [0.5, 0.6) is 0 Å². The molecule has 0 unspecified atom stereocenters. The molecule has 0 amide bonds. The lowest BCUT2D eigenvalue weighted by molar-refractivity contribution is 0.174. The Kier molecular flexibility index (Phi) is 3.86. The van der Waals surface area contributed by atoms with E-state index in [1.54, 1.807) is 24.3 Å². The van der Waals surface area contributed by atoms with Gasteiger partial charge in [0, 0.05) is 10.9 Å². The molecule has 0 saturated carbocycles. The van der Waals surface area contributed by atoms with Gasteiger partial charge in [-0.1, -0.05) is 23.7 Å². The maximum Gasteiger partial charge on any atom is 0.0801 e. The minimum atomic E-state index is -0.472. The van der Waals surface area contributed by atoms with Gasteiger partial charge in [-0.2, -0.15) is 0 Å². The molecule has 0 heterocycles. The average molecular weight is 205 g/mol. The van der Waals surface area contributed by atoms with Gasteiger partial charge in [-0.15, -0.1) is 11.6 Å². The number of hydrogen-bond donors (Lipinski definition) is 1. The lowest BCUT2D eigenvalue weighted by Gasteiger charge is -2.08. The summed E-state index contributed by atoms with van der Waals surface area (Å²) in [6.07, 6.45) is 0.100. The number of aliphatic hydroxyl groups is 1. The third-order valence-electron chi connectivity index (χ3n) is 1.64. The first-order valence-electron chi connectivity index (χ1n) is 3.73. The van der Waals surface area contributed by atoms with Gasteiger partial charge in [0.1, 0.15) is 0 Å². The van der Waals surface area contributed by atoms with Crippen molar-refractivity contribution in [3.05, 3.63) is 34.9 Å². The second-order valence-corrected chi connectivity index (χ2v) is 3.36. The van der Waals surface area contributed by atoms with E-state index in [0.717, 1.165) is 5.56 Å². The molecule has 0 aliphatic rings. The first kappa shape index (κ1) is 9.85. The summed E-state index contributed by atoms with van der Waals surface area (Å²) in [6, 6.07) is 7.13. The average Bonchev–Trinajstić information content (AvgIpc) is 2.06. The fourth-order valence-corrected chi connectivity index (χ4v) is 1.29. The quantitative estimate of drug-likeness (QED) is 0.752. The Balaban J connectivity index is 2.68. The van der Waals surface area contributed by atoms with Crippen molar-refractivity contribution in [3.63, 3.8) is 0 Å². The maximum absolute atomic E-state index is 9.48. The molecule has 12 heavy (non-hydrogen) atoms. The van der Waals surface area contributed by atoms with E-state index in [-0.39, 0.29) is 0 Å². The monoisotopic (exact) mass is 204 g/mol. The van der Waals surface area contributed by atoms with Gasteiger partial charge in [0.25, 0.3) is 0 Å². The van der Waals surface area contributed by atoms with Gasteiger partial charge in [0.15, 0.2) is 0 Å². The van der Waals surface area contributed by atoms with E-state index in [1.807, 2.05) is 0 Å². The van der Waals surface area contributed by atoms with Crippen LogP contribution in [0, 0.1) is 0 Å². The van der Waals surface area contributed by atoms with Crippen molar-refractivity contribution < 1.29 is 5.11 Å². The highest BCUT2D eigenvalue weighted by atomic mass is 35.5. The third kappa shape index (κ3) is 2.67. The molecule has 0 fully saturated rings. The Morgan fingerprint density at radius 1 is 1.25 bits per heavy atom. The van der Waals surface area contributed by atoms with Crippen LogP contribution in [0.25, 0.3) is 0 Å². The van der Waals surface area contributed by atoms with E-state index in [0.29, 0.717) is 17.3 Å². The van der Waals surface area contributed by atoms with Crippen LogP contribution in [0.4, 0.5) is 0 Å². The summed E-state index contributed by atoms with van der Waals surface area (Å²) in [6.45, 7) is 0. The summed E-state index contributed by atoms with van der Waals surface area (Å²) in [7, 11) is 0. The fraction of sp³-hybridized carbons (Fsp3) is 0.333. The van der Waals surface area contributed by atoms with Gasteiger partial charge in [0.2, 0.25) is 0 Å². The van der Waals surface area contributed by atoms with Gasteiger partial charge >= 0.3 is 0 Å². The van der Waals surface area contributed by atoms with Crippen molar-refractivity contribution in [2.24, 2.45) is 0 Å². The molecule has 0 bridgehead atoms. The van der Waals surface area contributed by atoms with E-state index in [4.69, 9.17) is 23.2 Å². The Bertz CT molecular complexity index is 233. The van der Waals surface area contributed by atoms with Crippen LogP contribution in [-0.4, -0.2) is 11.0 Å². The Morgan fingerprint density at radius 3 is 2.33 bits per heavy atom. The van der Waals surface area contributed by atoms with Crippen molar-refractivity contribution in [3.8, 4) is 0 Å². The molecular formula is C9H10Cl2O. The van der Waals surface area contributed by atoms with Crippen LogP contribution < -0.4 is 0 Å². The molecule has 1 aromatic rings. The summed E-state index contributed by atoms with van der Waals surface area (Å²) in [5.41, 5.74) is 0.861. The van der Waals surface area contributed by atoms with Crippen LogP contribution in [0.3, 0.4) is 0 Å². The van der Waals surface area contributed by atoms with Crippen molar-refractivity contribution >= 4 is 23.2 Å². The number of alkyl halides is 1. The highest BCUT2D eigenvalue weighted by molar-refractivity contribution is 6.30. The minimum Gasteiger partial charge on any atom is -0.388 e. The van der Waals surface area contributed by atoms with Gasteiger partial charge in [-0.3, -0.25) is 0 Å². The second-order valence-electron chi connectivity index (χ2n) is 2.55. The predicted molar refractivity (Wildman–Crippen MR) is 51.7 cm³/mol. The lowest BCUT2D eigenvalue weighted by Crippen LogP contribution is -1.97. The topological polar surface area (TPSA) is 20.2 Å². The third-order valence-corrected chi connectivity index (χ3v) is 2.11. The van der Waals surface area contributed by atoms with Gasteiger partial charge in [-0.25, -0.2) is 0 Å². The molecule has 1 rings (SSSR count). The highest BCUT2D eigenvalue weighted by Crippen LogP contribution is 2.19. The summed E-state index contributed by atoms with van der Waals surface area (Å²) >= 11 is 11.2. The van der Waals surface area contributed by atoms with Crippen LogP contribution in [0.1, 0.15) is 18.1 Å². The van der Waals surface area contributed by atoms with Crippen molar-refractivity contribution in [2.75, 3.05) is 5.88 Å². The van der Waals surface area contributed by atoms with E-state index >= 15 is 0 Å². The first-order valence-corrected chi connectivity index (χ1v) is 4.65. The zero-order valence-corrected chi connectivity index (χ0v) is 8.02. The molecule has 1 aromatic carbocycles. The molecule has 3 heteroatoms. The predicted octanol–water partition coefficient (Wildman–Crippen LogP) is 3.00. The van der Waals surface area contributed by atoms with Crippen molar-refractivity contribution in [1.29, 1.82) is 0 Å². The van der Waals surface area contributed by atoms with E-state index in [9.17, 15) is 5.11 Å². The number of aliphatic hydroxyl groups excluding tert-OH is 1. The lowest BCUT2D eigenvalue weighted by atomic mass is 10.1. The van der Waals surface area contributed by atoms with E-state index in [1.165, 1.54) is 0 Å². The summed E-state index contributed by atoms with van der Waals surface area (Å²) < 4.78 is 0.